The molecule has 7 heteroatoms. The molecule has 1 fully saturated rings. The molecular weight excluding hydrogens is 327 g/mol. The minimum Gasteiger partial charge on any atom is -0.484 e. The zero-order valence-electron chi connectivity index (χ0n) is 14.3. The molecule has 1 saturated heterocycles. The van der Waals surface area contributed by atoms with Crippen LogP contribution in [-0.4, -0.2) is 29.1 Å². The molecule has 6 nitrogen and oxygen atoms in total. The SMILES string of the molecule is CC1(C)CC(NC(=O)c2coc(COc3ccc(F)cc3)n2)CCO1. The number of hydrogen-bond acceptors (Lipinski definition) is 5. The van der Waals surface area contributed by atoms with Crippen LogP contribution in [0.2, 0.25) is 0 Å². The van der Waals surface area contributed by atoms with Gasteiger partial charge in [0.1, 0.15) is 17.8 Å². The Morgan fingerprint density at radius 2 is 2.16 bits per heavy atom. The van der Waals surface area contributed by atoms with E-state index in [4.69, 9.17) is 13.9 Å². The molecule has 0 aliphatic carbocycles. The number of rotatable bonds is 5. The third-order valence-electron chi connectivity index (χ3n) is 3.99. The highest BCUT2D eigenvalue weighted by Gasteiger charge is 2.30. The van der Waals surface area contributed by atoms with E-state index in [0.717, 1.165) is 12.8 Å². The van der Waals surface area contributed by atoms with Crippen LogP contribution >= 0.6 is 0 Å². The summed E-state index contributed by atoms with van der Waals surface area (Å²) in [7, 11) is 0. The number of hydrogen-bond donors (Lipinski definition) is 1. The van der Waals surface area contributed by atoms with Crippen molar-refractivity contribution in [2.75, 3.05) is 6.61 Å². The quantitative estimate of drug-likeness (QED) is 0.899. The maximum atomic E-state index is 12.8. The molecule has 1 amide bonds. The van der Waals surface area contributed by atoms with Gasteiger partial charge in [0, 0.05) is 12.6 Å². The fraction of sp³-hybridized carbons (Fsp3) is 0.444. The van der Waals surface area contributed by atoms with Crippen molar-refractivity contribution in [3.8, 4) is 5.75 Å². The van der Waals surface area contributed by atoms with Gasteiger partial charge in [0.05, 0.1) is 5.60 Å². The van der Waals surface area contributed by atoms with Gasteiger partial charge < -0.3 is 19.2 Å². The lowest BCUT2D eigenvalue weighted by atomic mass is 9.94. The fourth-order valence-corrected chi connectivity index (χ4v) is 2.77. The first-order valence-corrected chi connectivity index (χ1v) is 8.19. The number of nitrogens with one attached hydrogen (secondary N) is 1. The third kappa shape index (κ3) is 4.79. The summed E-state index contributed by atoms with van der Waals surface area (Å²) in [5.41, 5.74) is -0.0317. The Morgan fingerprint density at radius 1 is 1.40 bits per heavy atom. The van der Waals surface area contributed by atoms with E-state index < -0.39 is 0 Å². The topological polar surface area (TPSA) is 73.6 Å². The van der Waals surface area contributed by atoms with E-state index in [1.165, 1.54) is 30.5 Å². The number of amides is 1. The maximum absolute atomic E-state index is 12.8. The first-order valence-electron chi connectivity index (χ1n) is 8.19. The van der Waals surface area contributed by atoms with E-state index >= 15 is 0 Å². The smallest absolute Gasteiger partial charge is 0.273 e. The zero-order chi connectivity index (χ0) is 17.9. The van der Waals surface area contributed by atoms with Gasteiger partial charge in [-0.2, -0.15) is 0 Å². The molecule has 2 aromatic rings. The summed E-state index contributed by atoms with van der Waals surface area (Å²) >= 11 is 0. The Morgan fingerprint density at radius 3 is 2.88 bits per heavy atom. The average molecular weight is 348 g/mol. The predicted octanol–water partition coefficient (Wildman–Crippen LogP) is 3.08. The van der Waals surface area contributed by atoms with Gasteiger partial charge in [-0.1, -0.05) is 0 Å². The normalized spacial score (nSPS) is 19.4. The van der Waals surface area contributed by atoms with Crippen LogP contribution in [0, 0.1) is 5.82 Å². The minimum absolute atomic E-state index is 0.0480. The van der Waals surface area contributed by atoms with E-state index in [1.807, 2.05) is 13.8 Å². The van der Waals surface area contributed by atoms with Crippen molar-refractivity contribution in [3.63, 3.8) is 0 Å². The van der Waals surface area contributed by atoms with Crippen LogP contribution in [0.25, 0.3) is 0 Å². The van der Waals surface area contributed by atoms with Crippen LogP contribution in [0.4, 0.5) is 4.39 Å². The first kappa shape index (κ1) is 17.4. The molecule has 0 saturated carbocycles. The van der Waals surface area contributed by atoms with Gasteiger partial charge >= 0.3 is 0 Å². The standard InChI is InChI=1S/C18H21FN2O4/c1-18(2)9-13(7-8-25-18)20-17(22)15-10-24-16(21-15)11-23-14-5-3-12(19)4-6-14/h3-6,10,13H,7-9,11H2,1-2H3,(H,20,22). The summed E-state index contributed by atoms with van der Waals surface area (Å²) in [6.45, 7) is 4.69. The molecular formula is C18H21FN2O4. The van der Waals surface area contributed by atoms with Crippen molar-refractivity contribution in [2.45, 2.75) is 44.9 Å². The third-order valence-corrected chi connectivity index (χ3v) is 3.99. The molecule has 1 unspecified atom stereocenters. The maximum Gasteiger partial charge on any atom is 0.273 e. The first-order chi connectivity index (χ1) is 11.9. The number of nitrogens with zero attached hydrogens (tertiary/aromatic N) is 1. The molecule has 134 valence electrons. The van der Waals surface area contributed by atoms with Crippen molar-refractivity contribution >= 4 is 5.91 Å². The molecule has 1 aromatic carbocycles. The molecule has 2 heterocycles. The number of benzene rings is 1. The Labute approximate surface area is 145 Å². The summed E-state index contributed by atoms with van der Waals surface area (Å²) in [5, 5.41) is 2.96. The molecule has 25 heavy (non-hydrogen) atoms. The van der Waals surface area contributed by atoms with E-state index in [0.29, 0.717) is 12.4 Å². The van der Waals surface area contributed by atoms with Crippen LogP contribution in [0.15, 0.2) is 34.9 Å². The molecule has 0 spiro atoms. The second kappa shape index (κ2) is 7.23. The molecule has 1 aliphatic heterocycles. The number of carbonyl (C=O) groups is 1. The Bertz CT molecular complexity index is 727. The van der Waals surface area contributed by atoms with Crippen LogP contribution in [0.1, 0.15) is 43.1 Å². The second-order valence-corrected chi connectivity index (χ2v) is 6.64. The highest BCUT2D eigenvalue weighted by Crippen LogP contribution is 2.24. The highest BCUT2D eigenvalue weighted by atomic mass is 19.1. The van der Waals surface area contributed by atoms with Crippen molar-refractivity contribution in [3.05, 3.63) is 47.9 Å². The van der Waals surface area contributed by atoms with Gasteiger partial charge in [-0.3, -0.25) is 4.79 Å². The van der Waals surface area contributed by atoms with Gasteiger partial charge in [0.25, 0.3) is 5.91 Å². The number of oxazole rings is 1. The van der Waals surface area contributed by atoms with Gasteiger partial charge in [-0.05, 0) is 51.0 Å². The van der Waals surface area contributed by atoms with Crippen molar-refractivity contribution in [2.24, 2.45) is 0 Å². The van der Waals surface area contributed by atoms with E-state index in [1.54, 1.807) is 0 Å². The van der Waals surface area contributed by atoms with E-state index in [-0.39, 0.29) is 41.6 Å². The summed E-state index contributed by atoms with van der Waals surface area (Å²) in [6.07, 6.45) is 2.83. The fourth-order valence-electron chi connectivity index (χ4n) is 2.77. The van der Waals surface area contributed by atoms with Gasteiger partial charge in [-0.25, -0.2) is 9.37 Å². The molecule has 1 N–H and O–H groups in total. The second-order valence-electron chi connectivity index (χ2n) is 6.64. The van der Waals surface area contributed by atoms with Crippen LogP contribution < -0.4 is 10.1 Å². The van der Waals surface area contributed by atoms with Gasteiger partial charge in [0.15, 0.2) is 12.3 Å². The van der Waals surface area contributed by atoms with E-state index in [2.05, 4.69) is 10.3 Å². The van der Waals surface area contributed by atoms with Crippen molar-refractivity contribution < 1.29 is 23.1 Å². The predicted molar refractivity (Wildman–Crippen MR) is 87.8 cm³/mol. The molecule has 1 atom stereocenters. The Kier molecular flexibility index (Phi) is 5.03. The molecule has 1 aliphatic rings. The highest BCUT2D eigenvalue weighted by molar-refractivity contribution is 5.92. The number of aromatic nitrogens is 1. The lowest BCUT2D eigenvalue weighted by Crippen LogP contribution is -2.45. The molecule has 1 aromatic heterocycles. The van der Waals surface area contributed by atoms with Gasteiger partial charge in [-0.15, -0.1) is 0 Å². The minimum atomic E-state index is -0.335. The number of halogens is 1. The monoisotopic (exact) mass is 348 g/mol. The summed E-state index contributed by atoms with van der Waals surface area (Å²) in [4.78, 5) is 16.4. The summed E-state index contributed by atoms with van der Waals surface area (Å²) < 4.78 is 29.2. The van der Waals surface area contributed by atoms with Crippen molar-refractivity contribution in [1.82, 2.24) is 10.3 Å². The zero-order valence-corrected chi connectivity index (χ0v) is 14.3. The molecule has 0 bridgehead atoms. The summed E-state index contributed by atoms with van der Waals surface area (Å²) in [5.74, 6) is 0.162. The van der Waals surface area contributed by atoms with Crippen molar-refractivity contribution in [1.29, 1.82) is 0 Å². The Hall–Kier alpha value is -2.41. The Balaban J connectivity index is 1.53. The lowest BCUT2D eigenvalue weighted by molar-refractivity contribution is -0.0615. The molecule has 3 rings (SSSR count). The van der Waals surface area contributed by atoms with Crippen LogP contribution in [0.5, 0.6) is 5.75 Å². The van der Waals surface area contributed by atoms with Gasteiger partial charge in [0.2, 0.25) is 5.89 Å². The number of ether oxygens (including phenoxy) is 2. The average Bonchev–Trinajstić information content (AvgIpc) is 3.02. The molecule has 0 radical (unpaired) electrons. The van der Waals surface area contributed by atoms with E-state index in [9.17, 15) is 9.18 Å². The number of carbonyl (C=O) groups excluding carboxylic acids is 1. The van der Waals surface area contributed by atoms with Crippen LogP contribution in [-0.2, 0) is 11.3 Å². The van der Waals surface area contributed by atoms with Crippen LogP contribution in [0.3, 0.4) is 0 Å². The largest absolute Gasteiger partial charge is 0.484 e. The lowest BCUT2D eigenvalue weighted by Gasteiger charge is -2.35. The summed E-state index contributed by atoms with van der Waals surface area (Å²) in [6, 6.07) is 5.68.